The van der Waals surface area contributed by atoms with Crippen LogP contribution in [0.15, 0.2) is 24.3 Å². The first kappa shape index (κ1) is 24.3. The van der Waals surface area contributed by atoms with Crippen LogP contribution in [0.3, 0.4) is 0 Å². The van der Waals surface area contributed by atoms with Gasteiger partial charge in [0, 0.05) is 12.2 Å². The number of hydrogen-bond donors (Lipinski definition) is 2. The minimum Gasteiger partial charge on any atom is -0.508 e. The highest BCUT2D eigenvalue weighted by Gasteiger charge is 2.11. The number of rotatable bonds is 17. The van der Waals surface area contributed by atoms with Crippen LogP contribution in [0.5, 0.6) is 5.75 Å². The Morgan fingerprint density at radius 3 is 1.54 bits per heavy atom. The molecule has 28 heavy (non-hydrogen) atoms. The molecule has 0 atom stereocenters. The second kappa shape index (κ2) is 16.3. The van der Waals surface area contributed by atoms with Crippen LogP contribution >= 0.6 is 0 Å². The molecule has 0 heterocycles. The van der Waals surface area contributed by atoms with Crippen LogP contribution < -0.4 is 10.6 Å². The van der Waals surface area contributed by atoms with Crippen molar-refractivity contribution in [2.24, 2.45) is 5.73 Å². The molecule has 0 aliphatic rings. The van der Waals surface area contributed by atoms with E-state index in [1.54, 1.807) is 29.2 Å². The second-order valence-electron chi connectivity index (χ2n) is 7.96. The third-order valence-corrected chi connectivity index (χ3v) is 5.41. The number of phenolic OH excluding ortho intramolecular Hbond substituents is 1. The molecule has 0 radical (unpaired) electrons. The van der Waals surface area contributed by atoms with Gasteiger partial charge in [-0.3, -0.25) is 4.90 Å². The molecular formula is C24H42N2O2. The number of hydrogen-bond acceptors (Lipinski definition) is 2. The van der Waals surface area contributed by atoms with E-state index in [2.05, 4.69) is 6.92 Å². The van der Waals surface area contributed by atoms with Gasteiger partial charge in [0.2, 0.25) is 0 Å². The van der Waals surface area contributed by atoms with Crippen molar-refractivity contribution in [1.29, 1.82) is 0 Å². The lowest BCUT2D eigenvalue weighted by atomic mass is 10.0. The maximum absolute atomic E-state index is 11.6. The number of benzene rings is 1. The molecule has 4 heteroatoms. The van der Waals surface area contributed by atoms with Crippen molar-refractivity contribution < 1.29 is 9.90 Å². The molecule has 1 aromatic rings. The van der Waals surface area contributed by atoms with Crippen LogP contribution in [0, 0.1) is 0 Å². The molecule has 0 aromatic heterocycles. The summed E-state index contributed by atoms with van der Waals surface area (Å²) >= 11 is 0. The first-order chi connectivity index (χ1) is 13.6. The molecule has 0 saturated heterocycles. The van der Waals surface area contributed by atoms with Gasteiger partial charge in [-0.15, -0.1) is 0 Å². The molecule has 0 fully saturated rings. The van der Waals surface area contributed by atoms with Gasteiger partial charge in [0.15, 0.2) is 0 Å². The lowest BCUT2D eigenvalue weighted by Gasteiger charge is -2.20. The highest BCUT2D eigenvalue weighted by molar-refractivity contribution is 5.90. The molecule has 0 aliphatic heterocycles. The van der Waals surface area contributed by atoms with E-state index in [4.69, 9.17) is 5.73 Å². The van der Waals surface area contributed by atoms with Crippen molar-refractivity contribution in [2.45, 2.75) is 103 Å². The number of amides is 2. The average Bonchev–Trinajstić information content (AvgIpc) is 2.68. The molecule has 0 aliphatic carbocycles. The molecule has 160 valence electrons. The van der Waals surface area contributed by atoms with Gasteiger partial charge in [-0.1, -0.05) is 96.8 Å². The summed E-state index contributed by atoms with van der Waals surface area (Å²) in [4.78, 5) is 13.2. The van der Waals surface area contributed by atoms with Gasteiger partial charge in [0.1, 0.15) is 5.75 Å². The van der Waals surface area contributed by atoms with E-state index in [-0.39, 0.29) is 5.75 Å². The monoisotopic (exact) mass is 390 g/mol. The van der Waals surface area contributed by atoms with Crippen molar-refractivity contribution in [3.63, 3.8) is 0 Å². The maximum atomic E-state index is 11.6. The first-order valence-corrected chi connectivity index (χ1v) is 11.5. The Balaban J connectivity index is 1.95. The Morgan fingerprint density at radius 1 is 0.750 bits per heavy atom. The topological polar surface area (TPSA) is 66.6 Å². The van der Waals surface area contributed by atoms with Crippen LogP contribution in [0.4, 0.5) is 10.5 Å². The Bertz CT molecular complexity index is 502. The van der Waals surface area contributed by atoms with Crippen LogP contribution in [0.25, 0.3) is 0 Å². The molecule has 0 spiro atoms. The number of phenols is 1. The predicted octanol–water partition coefficient (Wildman–Crippen LogP) is 7.15. The Kier molecular flexibility index (Phi) is 14.1. The van der Waals surface area contributed by atoms with Gasteiger partial charge >= 0.3 is 6.03 Å². The van der Waals surface area contributed by atoms with E-state index in [1.165, 1.54) is 83.5 Å². The normalized spacial score (nSPS) is 10.9. The fourth-order valence-electron chi connectivity index (χ4n) is 3.64. The number of urea groups is 1. The number of carbonyl (C=O) groups excluding carboxylic acids is 1. The third-order valence-electron chi connectivity index (χ3n) is 5.41. The highest BCUT2D eigenvalue weighted by Crippen LogP contribution is 2.19. The summed E-state index contributed by atoms with van der Waals surface area (Å²) in [7, 11) is 0. The molecule has 0 saturated carbocycles. The minimum atomic E-state index is -0.434. The minimum absolute atomic E-state index is 0.195. The average molecular weight is 391 g/mol. The summed E-state index contributed by atoms with van der Waals surface area (Å²) < 4.78 is 0. The Hall–Kier alpha value is -1.71. The SMILES string of the molecule is CCCCCCCCCCCCCCCCCN(C(N)=O)c1ccc(O)cc1. The number of carbonyl (C=O) groups is 1. The van der Waals surface area contributed by atoms with Crippen molar-refractivity contribution >= 4 is 11.7 Å². The van der Waals surface area contributed by atoms with Crippen LogP contribution in [0.1, 0.15) is 103 Å². The highest BCUT2D eigenvalue weighted by atomic mass is 16.3. The van der Waals surface area contributed by atoms with E-state index in [9.17, 15) is 9.90 Å². The second-order valence-corrected chi connectivity index (χ2v) is 7.96. The number of unbranched alkanes of at least 4 members (excludes halogenated alkanes) is 14. The zero-order chi connectivity index (χ0) is 20.5. The van der Waals surface area contributed by atoms with Crippen molar-refractivity contribution in [1.82, 2.24) is 0 Å². The van der Waals surface area contributed by atoms with E-state index in [0.717, 1.165) is 18.5 Å². The molecule has 2 amide bonds. The maximum Gasteiger partial charge on any atom is 0.319 e. The van der Waals surface area contributed by atoms with E-state index in [1.807, 2.05) is 0 Å². The summed E-state index contributed by atoms with van der Waals surface area (Å²) in [5.74, 6) is 0.195. The number of nitrogens with zero attached hydrogens (tertiary/aromatic N) is 1. The number of anilines is 1. The van der Waals surface area contributed by atoms with Gasteiger partial charge in [-0.25, -0.2) is 4.79 Å². The lowest BCUT2D eigenvalue weighted by molar-refractivity contribution is 0.253. The lowest BCUT2D eigenvalue weighted by Crippen LogP contribution is -2.36. The molecular weight excluding hydrogens is 348 g/mol. The molecule has 4 nitrogen and oxygen atoms in total. The number of nitrogens with two attached hydrogens (primary N) is 1. The van der Waals surface area contributed by atoms with Gasteiger partial charge < -0.3 is 10.8 Å². The van der Waals surface area contributed by atoms with Gasteiger partial charge in [0.25, 0.3) is 0 Å². The predicted molar refractivity (Wildman–Crippen MR) is 120 cm³/mol. The summed E-state index contributed by atoms with van der Waals surface area (Å²) in [5.41, 5.74) is 6.24. The summed E-state index contributed by atoms with van der Waals surface area (Å²) in [6.45, 7) is 2.91. The summed E-state index contributed by atoms with van der Waals surface area (Å²) in [6.07, 6.45) is 19.9. The van der Waals surface area contributed by atoms with Gasteiger partial charge in [-0.05, 0) is 30.7 Å². The summed E-state index contributed by atoms with van der Waals surface area (Å²) in [6, 6.07) is 6.18. The number of aromatic hydroxyl groups is 1. The van der Waals surface area contributed by atoms with Crippen molar-refractivity contribution in [3.05, 3.63) is 24.3 Å². The molecule has 3 N–H and O–H groups in total. The smallest absolute Gasteiger partial charge is 0.319 e. The van der Waals surface area contributed by atoms with Crippen molar-refractivity contribution in [2.75, 3.05) is 11.4 Å². The fourth-order valence-corrected chi connectivity index (χ4v) is 3.64. The van der Waals surface area contributed by atoms with Crippen LogP contribution in [-0.2, 0) is 0 Å². The largest absolute Gasteiger partial charge is 0.508 e. The molecule has 0 unspecified atom stereocenters. The number of primary amides is 1. The molecule has 1 aromatic carbocycles. The van der Waals surface area contributed by atoms with E-state index in [0.29, 0.717) is 6.54 Å². The zero-order valence-electron chi connectivity index (χ0n) is 18.0. The summed E-state index contributed by atoms with van der Waals surface area (Å²) in [5, 5.41) is 9.36. The zero-order valence-corrected chi connectivity index (χ0v) is 18.0. The van der Waals surface area contributed by atoms with Crippen LogP contribution in [-0.4, -0.2) is 17.7 Å². The molecule has 1 rings (SSSR count). The standard InChI is InChI=1S/C24H42N2O2/c1-2-3-4-5-6-7-8-9-10-11-12-13-14-15-16-21-26(24(25)28)22-17-19-23(27)20-18-22/h17-20,27H,2-16,21H2,1H3,(H2,25,28). The molecule has 0 bridgehead atoms. The van der Waals surface area contributed by atoms with Crippen molar-refractivity contribution in [3.8, 4) is 5.75 Å². The van der Waals surface area contributed by atoms with Gasteiger partial charge in [0.05, 0.1) is 0 Å². The quantitative estimate of drug-likeness (QED) is 0.277. The fraction of sp³-hybridized carbons (Fsp3) is 0.708. The first-order valence-electron chi connectivity index (χ1n) is 11.5. The van der Waals surface area contributed by atoms with Crippen LogP contribution in [0.2, 0.25) is 0 Å². The van der Waals surface area contributed by atoms with E-state index < -0.39 is 6.03 Å². The van der Waals surface area contributed by atoms with E-state index >= 15 is 0 Å². The Labute approximate surface area is 172 Å². The Morgan fingerprint density at radius 2 is 1.14 bits per heavy atom. The third kappa shape index (κ3) is 11.9. The van der Waals surface area contributed by atoms with Gasteiger partial charge in [-0.2, -0.15) is 0 Å².